The summed E-state index contributed by atoms with van der Waals surface area (Å²) < 4.78 is 1.10. The molecule has 0 aliphatic carbocycles. The lowest BCUT2D eigenvalue weighted by Gasteiger charge is -2.13. The van der Waals surface area contributed by atoms with E-state index in [2.05, 4.69) is 22.2 Å². The van der Waals surface area contributed by atoms with E-state index in [-0.39, 0.29) is 5.91 Å². The lowest BCUT2D eigenvalue weighted by molar-refractivity contribution is -0.111. The number of thiophene rings is 1. The fraction of sp³-hybridized carbons (Fsp3) is 0.188. The fourth-order valence-electron chi connectivity index (χ4n) is 2.70. The summed E-state index contributed by atoms with van der Waals surface area (Å²) in [4.78, 5) is 21.9. The maximum absolute atomic E-state index is 11.8. The Kier molecular flexibility index (Phi) is 3.68. The Morgan fingerprint density at radius 3 is 3.17 bits per heavy atom. The molecule has 1 aliphatic rings. The third-order valence-electron chi connectivity index (χ3n) is 3.75. The predicted octanol–water partition coefficient (Wildman–Crippen LogP) is 3.19. The van der Waals surface area contributed by atoms with Gasteiger partial charge in [-0.1, -0.05) is 6.58 Å². The zero-order valence-corrected chi connectivity index (χ0v) is 13.9. The van der Waals surface area contributed by atoms with Gasteiger partial charge < -0.3 is 10.6 Å². The quantitative estimate of drug-likeness (QED) is 0.718. The van der Waals surface area contributed by atoms with Gasteiger partial charge in [0.15, 0.2) is 0 Å². The van der Waals surface area contributed by atoms with Crippen LogP contribution in [0.3, 0.4) is 0 Å². The Balaban J connectivity index is 1.89. The molecule has 0 radical (unpaired) electrons. The molecule has 5 nitrogen and oxygen atoms in total. The van der Waals surface area contributed by atoms with Crippen molar-refractivity contribution in [3.8, 4) is 10.6 Å². The van der Waals surface area contributed by atoms with Crippen molar-refractivity contribution in [2.75, 3.05) is 11.9 Å². The standard InChI is InChI=1S/C16H14N4OS2/c1-2-13(21)20-16-14(9-3-5-18-8-12(9)23-16)15-19-10-7-17-6-4-11(10)22-15/h2,4,6-7,18H,1,3,5,8H2,(H,20,21). The lowest BCUT2D eigenvalue weighted by atomic mass is 10.0. The molecule has 4 rings (SSSR count). The van der Waals surface area contributed by atoms with Crippen LogP contribution in [0.1, 0.15) is 10.4 Å². The van der Waals surface area contributed by atoms with E-state index in [4.69, 9.17) is 4.98 Å². The molecule has 23 heavy (non-hydrogen) atoms. The zero-order chi connectivity index (χ0) is 15.8. The van der Waals surface area contributed by atoms with E-state index in [9.17, 15) is 4.79 Å². The Hall–Kier alpha value is -2.09. The Labute approximate surface area is 141 Å². The van der Waals surface area contributed by atoms with Crippen molar-refractivity contribution < 1.29 is 4.79 Å². The van der Waals surface area contributed by atoms with Crippen LogP contribution < -0.4 is 10.6 Å². The summed E-state index contributed by atoms with van der Waals surface area (Å²) in [6.45, 7) is 5.31. The Bertz CT molecular complexity index is 879. The van der Waals surface area contributed by atoms with E-state index in [1.54, 1.807) is 35.1 Å². The van der Waals surface area contributed by atoms with Crippen LogP contribution in [0.25, 0.3) is 20.8 Å². The number of carbonyl (C=O) groups is 1. The smallest absolute Gasteiger partial charge is 0.248 e. The number of pyridine rings is 1. The van der Waals surface area contributed by atoms with Gasteiger partial charge >= 0.3 is 0 Å². The second-order valence-corrected chi connectivity index (χ2v) is 7.33. The number of hydrogen-bond acceptors (Lipinski definition) is 6. The van der Waals surface area contributed by atoms with E-state index in [0.29, 0.717) is 0 Å². The van der Waals surface area contributed by atoms with Crippen LogP contribution in [0, 0.1) is 0 Å². The number of thiazole rings is 1. The molecule has 0 aromatic carbocycles. The Morgan fingerprint density at radius 2 is 2.35 bits per heavy atom. The van der Waals surface area contributed by atoms with Crippen LogP contribution in [-0.2, 0) is 17.8 Å². The van der Waals surface area contributed by atoms with Crippen molar-refractivity contribution in [3.63, 3.8) is 0 Å². The number of carbonyl (C=O) groups excluding carboxylic acids is 1. The first-order chi connectivity index (χ1) is 11.3. The molecule has 0 saturated heterocycles. The summed E-state index contributed by atoms with van der Waals surface area (Å²) in [7, 11) is 0. The minimum Gasteiger partial charge on any atom is -0.314 e. The summed E-state index contributed by atoms with van der Waals surface area (Å²) in [5.41, 5.74) is 3.24. The molecule has 0 saturated carbocycles. The predicted molar refractivity (Wildman–Crippen MR) is 95.0 cm³/mol. The molecule has 4 heterocycles. The second kappa shape index (κ2) is 5.84. The molecule has 1 aliphatic heterocycles. The summed E-state index contributed by atoms with van der Waals surface area (Å²) in [6.07, 6.45) is 5.79. The van der Waals surface area contributed by atoms with Crippen molar-refractivity contribution in [2.24, 2.45) is 0 Å². The number of amides is 1. The third-order valence-corrected chi connectivity index (χ3v) is 5.96. The maximum Gasteiger partial charge on any atom is 0.248 e. The number of nitrogens with one attached hydrogen (secondary N) is 2. The number of rotatable bonds is 3. The highest BCUT2D eigenvalue weighted by Crippen LogP contribution is 2.44. The molecular weight excluding hydrogens is 328 g/mol. The monoisotopic (exact) mass is 342 g/mol. The van der Waals surface area contributed by atoms with Gasteiger partial charge in [-0.15, -0.1) is 22.7 Å². The lowest BCUT2D eigenvalue weighted by Crippen LogP contribution is -2.22. The van der Waals surface area contributed by atoms with Crippen LogP contribution in [0.4, 0.5) is 5.00 Å². The molecule has 0 spiro atoms. The topological polar surface area (TPSA) is 66.9 Å². The average Bonchev–Trinajstić information content (AvgIpc) is 3.14. The van der Waals surface area contributed by atoms with Crippen LogP contribution >= 0.6 is 22.7 Å². The zero-order valence-electron chi connectivity index (χ0n) is 12.3. The van der Waals surface area contributed by atoms with Crippen molar-refractivity contribution in [2.45, 2.75) is 13.0 Å². The van der Waals surface area contributed by atoms with Gasteiger partial charge in [-0.3, -0.25) is 9.78 Å². The third kappa shape index (κ3) is 2.56. The molecule has 1 amide bonds. The fourth-order valence-corrected chi connectivity index (χ4v) is 5.00. The molecule has 3 aromatic heterocycles. The van der Waals surface area contributed by atoms with Gasteiger partial charge in [0.05, 0.1) is 10.9 Å². The Morgan fingerprint density at radius 1 is 1.43 bits per heavy atom. The highest BCUT2D eigenvalue weighted by molar-refractivity contribution is 7.22. The minimum atomic E-state index is -0.194. The summed E-state index contributed by atoms with van der Waals surface area (Å²) in [5, 5.41) is 8.12. The minimum absolute atomic E-state index is 0.194. The molecule has 3 aromatic rings. The van der Waals surface area contributed by atoms with Crippen LogP contribution in [0.15, 0.2) is 31.1 Å². The number of aromatic nitrogens is 2. The molecule has 116 valence electrons. The summed E-state index contributed by atoms with van der Waals surface area (Å²) in [6, 6.07) is 1.97. The number of anilines is 1. The normalized spacial score (nSPS) is 13.7. The van der Waals surface area contributed by atoms with Gasteiger partial charge in [-0.2, -0.15) is 0 Å². The molecule has 0 fully saturated rings. The van der Waals surface area contributed by atoms with Gasteiger partial charge in [0, 0.05) is 23.2 Å². The van der Waals surface area contributed by atoms with Gasteiger partial charge in [0.25, 0.3) is 0 Å². The van der Waals surface area contributed by atoms with E-state index in [0.717, 1.165) is 45.3 Å². The van der Waals surface area contributed by atoms with Crippen molar-refractivity contribution in [1.82, 2.24) is 15.3 Å². The van der Waals surface area contributed by atoms with Crippen LogP contribution in [0.2, 0.25) is 0 Å². The van der Waals surface area contributed by atoms with Gasteiger partial charge in [-0.25, -0.2) is 4.98 Å². The van der Waals surface area contributed by atoms with Crippen molar-refractivity contribution in [1.29, 1.82) is 0 Å². The SMILES string of the molecule is C=CC(=O)Nc1sc2c(c1-c1nc3cnccc3s1)CCNC2. The summed E-state index contributed by atoms with van der Waals surface area (Å²) >= 11 is 3.25. The molecule has 0 atom stereocenters. The van der Waals surface area contributed by atoms with Gasteiger partial charge in [-0.05, 0) is 30.7 Å². The average molecular weight is 342 g/mol. The first kappa shape index (κ1) is 14.5. The van der Waals surface area contributed by atoms with E-state index < -0.39 is 0 Å². The van der Waals surface area contributed by atoms with Crippen LogP contribution in [0.5, 0.6) is 0 Å². The van der Waals surface area contributed by atoms with E-state index >= 15 is 0 Å². The molecule has 2 N–H and O–H groups in total. The summed E-state index contributed by atoms with van der Waals surface area (Å²) in [5.74, 6) is -0.194. The second-order valence-electron chi connectivity index (χ2n) is 5.19. The number of nitrogens with zero attached hydrogens (tertiary/aromatic N) is 2. The first-order valence-electron chi connectivity index (χ1n) is 7.26. The van der Waals surface area contributed by atoms with Gasteiger partial charge in [0.1, 0.15) is 15.5 Å². The molecule has 7 heteroatoms. The highest BCUT2D eigenvalue weighted by atomic mass is 32.1. The van der Waals surface area contributed by atoms with Gasteiger partial charge in [0.2, 0.25) is 5.91 Å². The number of hydrogen-bond donors (Lipinski definition) is 2. The van der Waals surface area contributed by atoms with Crippen LogP contribution in [-0.4, -0.2) is 22.4 Å². The number of fused-ring (bicyclic) bond motifs is 2. The van der Waals surface area contributed by atoms with E-state index in [1.807, 2.05) is 6.07 Å². The molecule has 0 bridgehead atoms. The molecule has 0 unspecified atom stereocenters. The highest BCUT2D eigenvalue weighted by Gasteiger charge is 2.24. The first-order valence-corrected chi connectivity index (χ1v) is 8.89. The maximum atomic E-state index is 11.8. The van der Waals surface area contributed by atoms with Crippen molar-refractivity contribution >= 4 is 43.8 Å². The van der Waals surface area contributed by atoms with E-state index in [1.165, 1.54) is 16.5 Å². The molecular formula is C16H14N4OS2. The largest absolute Gasteiger partial charge is 0.314 e. The van der Waals surface area contributed by atoms with Crippen molar-refractivity contribution in [3.05, 3.63) is 41.6 Å².